The number of nitrogens with one attached hydrogen (secondary N) is 1. The second kappa shape index (κ2) is 9.28. The number of rotatable bonds is 7. The quantitative estimate of drug-likeness (QED) is 0.605. The molecule has 35 heavy (non-hydrogen) atoms. The van der Waals surface area contributed by atoms with Gasteiger partial charge in [0, 0.05) is 18.9 Å². The molecular weight excluding hydrogens is 468 g/mol. The minimum Gasteiger partial charge on any atom is -0.488 e. The predicted molar refractivity (Wildman–Crippen MR) is 132 cm³/mol. The Balaban J connectivity index is 1.58. The first-order valence-corrected chi connectivity index (χ1v) is 13.4. The van der Waals surface area contributed by atoms with Crippen LogP contribution in [0.1, 0.15) is 50.7 Å². The number of hydrogen-bond acceptors (Lipinski definition) is 5. The van der Waals surface area contributed by atoms with Gasteiger partial charge in [-0.1, -0.05) is 42.5 Å². The number of sulfonamides is 1. The average molecular weight is 501 g/mol. The first-order valence-electron chi connectivity index (χ1n) is 11.8. The molecule has 0 bridgehead atoms. The highest BCUT2D eigenvalue weighted by Crippen LogP contribution is 2.49. The lowest BCUT2D eigenvalue weighted by molar-refractivity contribution is -0.143. The van der Waals surface area contributed by atoms with Crippen LogP contribution in [-0.4, -0.2) is 59.2 Å². The second-order valence-electron chi connectivity index (χ2n) is 10.3. The lowest BCUT2D eigenvalue weighted by Crippen LogP contribution is -2.58. The summed E-state index contributed by atoms with van der Waals surface area (Å²) in [7, 11) is -3.65. The molecule has 0 spiro atoms. The van der Waals surface area contributed by atoms with Gasteiger partial charge in [-0.25, -0.2) is 13.2 Å². The summed E-state index contributed by atoms with van der Waals surface area (Å²) in [6.07, 6.45) is 0.960. The minimum atomic E-state index is -3.65. The van der Waals surface area contributed by atoms with Gasteiger partial charge in [0.25, 0.3) is 0 Å². The molecule has 2 aromatic carbocycles. The molecule has 2 fully saturated rings. The van der Waals surface area contributed by atoms with E-state index in [-0.39, 0.29) is 24.3 Å². The van der Waals surface area contributed by atoms with E-state index in [2.05, 4.69) is 5.32 Å². The predicted octanol–water partition coefficient (Wildman–Crippen LogP) is 2.94. The Labute approximate surface area is 206 Å². The Hall–Kier alpha value is -2.91. The normalized spacial score (nSPS) is 24.5. The van der Waals surface area contributed by atoms with E-state index in [1.807, 2.05) is 51.1 Å². The van der Waals surface area contributed by atoms with Gasteiger partial charge < -0.3 is 15.2 Å². The fraction of sp³-hybridized carbons (Fsp3) is 0.462. The van der Waals surface area contributed by atoms with Crippen molar-refractivity contribution in [2.45, 2.75) is 63.1 Å². The van der Waals surface area contributed by atoms with Crippen molar-refractivity contribution in [1.29, 1.82) is 0 Å². The minimum absolute atomic E-state index is 0.0652. The van der Waals surface area contributed by atoms with Crippen LogP contribution in [0.5, 0.6) is 5.75 Å². The molecule has 0 unspecified atom stereocenters. The number of carbonyl (C=O) groups excluding carboxylic acids is 1. The summed E-state index contributed by atoms with van der Waals surface area (Å²) in [6.45, 7) is 6.07. The monoisotopic (exact) mass is 500 g/mol. The lowest BCUT2D eigenvalue weighted by atomic mass is 9.78. The summed E-state index contributed by atoms with van der Waals surface area (Å²) in [5, 5.41) is 12.6. The largest absolute Gasteiger partial charge is 0.488 e. The summed E-state index contributed by atoms with van der Waals surface area (Å²) < 4.78 is 33.1. The van der Waals surface area contributed by atoms with Crippen molar-refractivity contribution in [3.05, 3.63) is 65.7 Å². The van der Waals surface area contributed by atoms with Crippen LogP contribution in [-0.2, 0) is 26.0 Å². The van der Waals surface area contributed by atoms with Crippen LogP contribution in [0.2, 0.25) is 0 Å². The van der Waals surface area contributed by atoms with Gasteiger partial charge in [0.15, 0.2) is 0 Å². The van der Waals surface area contributed by atoms with Gasteiger partial charge in [0.2, 0.25) is 15.9 Å². The van der Waals surface area contributed by atoms with Crippen molar-refractivity contribution < 1.29 is 27.9 Å². The maximum Gasteiger partial charge on any atom is 0.326 e. The molecule has 4 rings (SSSR count). The fourth-order valence-electron chi connectivity index (χ4n) is 5.20. The van der Waals surface area contributed by atoms with Gasteiger partial charge in [-0.2, -0.15) is 4.31 Å². The number of carboxylic acid groups (broad SMARTS) is 1. The first kappa shape index (κ1) is 25.2. The molecule has 3 atom stereocenters. The van der Waals surface area contributed by atoms with Crippen molar-refractivity contribution in [1.82, 2.24) is 9.62 Å². The number of benzene rings is 2. The third-order valence-electron chi connectivity index (χ3n) is 6.64. The van der Waals surface area contributed by atoms with Crippen LogP contribution < -0.4 is 10.1 Å². The van der Waals surface area contributed by atoms with E-state index in [9.17, 15) is 23.1 Å². The molecular formula is C26H32N2O6S. The number of carbonyl (C=O) groups is 2. The summed E-state index contributed by atoms with van der Waals surface area (Å²) in [5.41, 5.74) is -0.198. The summed E-state index contributed by atoms with van der Waals surface area (Å²) in [4.78, 5) is 25.8. The highest BCUT2D eigenvalue weighted by atomic mass is 32.2. The Morgan fingerprint density at radius 3 is 2.40 bits per heavy atom. The zero-order chi connectivity index (χ0) is 25.4. The third kappa shape index (κ3) is 5.06. The lowest BCUT2D eigenvalue weighted by Gasteiger charge is -2.35. The van der Waals surface area contributed by atoms with Crippen molar-refractivity contribution in [3.8, 4) is 5.75 Å². The summed E-state index contributed by atoms with van der Waals surface area (Å²) in [5.74, 6) is -1.80. The highest BCUT2D eigenvalue weighted by Gasteiger charge is 2.63. The van der Waals surface area contributed by atoms with E-state index in [1.165, 1.54) is 4.31 Å². The van der Waals surface area contributed by atoms with E-state index in [1.54, 1.807) is 24.3 Å². The highest BCUT2D eigenvalue weighted by molar-refractivity contribution is 7.89. The molecule has 2 aliphatic rings. The van der Waals surface area contributed by atoms with Gasteiger partial charge in [-0.15, -0.1) is 0 Å². The van der Waals surface area contributed by atoms with Crippen LogP contribution >= 0.6 is 0 Å². The van der Waals surface area contributed by atoms with Gasteiger partial charge in [-0.3, -0.25) is 4.79 Å². The second-order valence-corrected chi connectivity index (χ2v) is 12.2. The molecule has 0 radical (unpaired) electrons. The number of hydrogen-bond donors (Lipinski definition) is 2. The molecule has 1 amide bonds. The third-order valence-corrected chi connectivity index (χ3v) is 8.57. The van der Waals surface area contributed by atoms with Crippen LogP contribution in [0.15, 0.2) is 54.6 Å². The molecule has 0 aliphatic carbocycles. The van der Waals surface area contributed by atoms with Crippen molar-refractivity contribution in [2.24, 2.45) is 0 Å². The Bertz CT molecular complexity index is 1190. The van der Waals surface area contributed by atoms with Crippen LogP contribution in [0.3, 0.4) is 0 Å². The summed E-state index contributed by atoms with van der Waals surface area (Å²) in [6, 6.07) is 15.0. The van der Waals surface area contributed by atoms with E-state index in [0.717, 1.165) is 11.1 Å². The Morgan fingerprint density at radius 1 is 1.14 bits per heavy atom. The SMILES string of the molecule is CC(C)(C)Oc1ccc(C[C@H](NC(=O)[C@]23CCCN2S(=O)(=O)C[C@H]3c2ccccc2)C(=O)O)cc1. The topological polar surface area (TPSA) is 113 Å². The molecule has 2 aliphatic heterocycles. The number of nitrogens with zero attached hydrogens (tertiary/aromatic N) is 1. The molecule has 8 nitrogen and oxygen atoms in total. The maximum absolute atomic E-state index is 13.7. The molecule has 0 saturated carbocycles. The van der Waals surface area contributed by atoms with Crippen molar-refractivity contribution >= 4 is 21.9 Å². The van der Waals surface area contributed by atoms with Gasteiger partial charge in [0.05, 0.1) is 5.75 Å². The van der Waals surface area contributed by atoms with E-state index < -0.39 is 39.4 Å². The fourth-order valence-corrected chi connectivity index (χ4v) is 7.47. The van der Waals surface area contributed by atoms with Gasteiger partial charge in [-0.05, 0) is 56.9 Å². The number of ether oxygens (including phenoxy) is 1. The maximum atomic E-state index is 13.7. The number of carboxylic acids is 1. The smallest absolute Gasteiger partial charge is 0.326 e. The van der Waals surface area contributed by atoms with Crippen LogP contribution in [0.25, 0.3) is 0 Å². The number of aliphatic carboxylic acids is 1. The molecule has 2 aromatic rings. The van der Waals surface area contributed by atoms with E-state index in [0.29, 0.717) is 18.6 Å². The molecule has 2 N–H and O–H groups in total. The van der Waals surface area contributed by atoms with Gasteiger partial charge in [0.1, 0.15) is 22.9 Å². The first-order chi connectivity index (χ1) is 16.4. The Kier molecular flexibility index (Phi) is 6.68. The average Bonchev–Trinajstić information content (AvgIpc) is 3.33. The van der Waals surface area contributed by atoms with Crippen molar-refractivity contribution in [2.75, 3.05) is 12.3 Å². The van der Waals surface area contributed by atoms with E-state index in [4.69, 9.17) is 4.74 Å². The molecule has 0 aromatic heterocycles. The number of amides is 1. The molecule has 2 saturated heterocycles. The molecule has 188 valence electrons. The van der Waals surface area contributed by atoms with Crippen LogP contribution in [0.4, 0.5) is 0 Å². The number of fused-ring (bicyclic) bond motifs is 1. The summed E-state index contributed by atoms with van der Waals surface area (Å²) >= 11 is 0. The van der Waals surface area contributed by atoms with Crippen LogP contribution in [0, 0.1) is 0 Å². The zero-order valence-corrected chi connectivity index (χ0v) is 21.0. The Morgan fingerprint density at radius 2 is 1.80 bits per heavy atom. The molecule has 9 heteroatoms. The van der Waals surface area contributed by atoms with Gasteiger partial charge >= 0.3 is 5.97 Å². The molecule has 2 heterocycles. The van der Waals surface area contributed by atoms with Crippen molar-refractivity contribution in [3.63, 3.8) is 0 Å². The van der Waals surface area contributed by atoms with E-state index >= 15 is 0 Å². The zero-order valence-electron chi connectivity index (χ0n) is 20.2. The standard InChI is InChI=1S/C26H32N2O6S/c1-25(2,3)34-20-12-10-18(11-13-20)16-22(23(29)30)27-24(31)26-14-7-15-28(26)35(32,33)17-21(26)19-8-5-4-6-9-19/h4-6,8-13,21-22H,7,14-17H2,1-3H3,(H,27,31)(H,29,30)/t21-,22-,26+/m0/s1.